The lowest BCUT2D eigenvalue weighted by molar-refractivity contribution is -0.114. The monoisotopic (exact) mass is 387 g/mol. The summed E-state index contributed by atoms with van der Waals surface area (Å²) in [6.45, 7) is 1.82. The van der Waals surface area contributed by atoms with Crippen molar-refractivity contribution < 1.29 is 17.9 Å². The number of sulfonamides is 1. The fraction of sp³-hybridized carbons (Fsp3) is 0.294. The van der Waals surface area contributed by atoms with Crippen LogP contribution in [0, 0.1) is 11.3 Å². The number of aromatic nitrogens is 2. The summed E-state index contributed by atoms with van der Waals surface area (Å²) < 4.78 is 32.6. The van der Waals surface area contributed by atoms with Crippen LogP contribution >= 0.6 is 0 Å². The van der Waals surface area contributed by atoms with E-state index in [1.807, 2.05) is 6.07 Å². The Balaban J connectivity index is 1.70. The van der Waals surface area contributed by atoms with Gasteiger partial charge in [-0.15, -0.1) is 0 Å². The Morgan fingerprint density at radius 1 is 1.30 bits per heavy atom. The predicted octanol–water partition coefficient (Wildman–Crippen LogP) is 1.15. The standard InChI is InChI=1S/C17H17N5O4S/c1-12(23)21-13-2-4-15(5-3-13)27(24,25)22-9-6-14(11-22)26-17-16(10-18)19-7-8-20-17/h2-5,7-8,14H,6,9,11H2,1H3,(H,21,23). The zero-order valence-electron chi connectivity index (χ0n) is 14.5. The van der Waals surface area contributed by atoms with Crippen molar-refractivity contribution in [1.29, 1.82) is 5.26 Å². The molecule has 1 aromatic heterocycles. The molecule has 1 unspecified atom stereocenters. The first-order valence-corrected chi connectivity index (χ1v) is 9.59. The number of ether oxygens (including phenoxy) is 1. The maximum Gasteiger partial charge on any atom is 0.251 e. The van der Waals surface area contributed by atoms with Crippen molar-refractivity contribution in [3.05, 3.63) is 42.4 Å². The smallest absolute Gasteiger partial charge is 0.251 e. The Labute approximate surface area is 156 Å². The average molecular weight is 387 g/mol. The number of rotatable bonds is 5. The van der Waals surface area contributed by atoms with Gasteiger partial charge in [0.05, 0.1) is 11.4 Å². The number of carbonyl (C=O) groups excluding carboxylic acids is 1. The zero-order chi connectivity index (χ0) is 19.4. The Hall–Kier alpha value is -3.03. The molecular formula is C17H17N5O4S. The van der Waals surface area contributed by atoms with Gasteiger partial charge >= 0.3 is 0 Å². The van der Waals surface area contributed by atoms with Gasteiger partial charge in [0.15, 0.2) is 0 Å². The van der Waals surface area contributed by atoms with Crippen LogP contribution in [0.3, 0.4) is 0 Å². The normalized spacial score (nSPS) is 17.3. The maximum absolute atomic E-state index is 12.8. The van der Waals surface area contributed by atoms with Gasteiger partial charge in [-0.05, 0) is 30.7 Å². The maximum atomic E-state index is 12.8. The summed E-state index contributed by atoms with van der Waals surface area (Å²) in [4.78, 5) is 19.0. The quantitative estimate of drug-likeness (QED) is 0.815. The van der Waals surface area contributed by atoms with Crippen LogP contribution in [-0.4, -0.2) is 47.8 Å². The number of carbonyl (C=O) groups is 1. The highest BCUT2D eigenvalue weighted by Crippen LogP contribution is 2.25. The highest BCUT2D eigenvalue weighted by molar-refractivity contribution is 7.89. The number of nitrogens with one attached hydrogen (secondary N) is 1. The molecule has 2 aromatic rings. The minimum absolute atomic E-state index is 0.0624. The fourth-order valence-electron chi connectivity index (χ4n) is 2.72. The second-order valence-electron chi connectivity index (χ2n) is 5.92. The van der Waals surface area contributed by atoms with E-state index in [0.717, 1.165) is 0 Å². The summed E-state index contributed by atoms with van der Waals surface area (Å²) in [7, 11) is -3.69. The van der Waals surface area contributed by atoms with E-state index in [1.165, 1.54) is 47.9 Å². The molecule has 2 heterocycles. The lowest BCUT2D eigenvalue weighted by atomic mass is 10.3. The molecule has 1 aliphatic rings. The third-order valence-corrected chi connectivity index (χ3v) is 5.85. The number of benzene rings is 1. The molecule has 0 spiro atoms. The number of nitriles is 1. The third kappa shape index (κ3) is 4.21. The number of amides is 1. The highest BCUT2D eigenvalue weighted by Gasteiger charge is 2.34. The van der Waals surface area contributed by atoms with Gasteiger partial charge in [-0.1, -0.05) is 0 Å². The first kappa shape index (κ1) is 18.8. The van der Waals surface area contributed by atoms with Gasteiger partial charge < -0.3 is 10.1 Å². The summed E-state index contributed by atoms with van der Waals surface area (Å²) in [5, 5.41) is 11.6. The summed E-state index contributed by atoms with van der Waals surface area (Å²) in [6.07, 6.45) is 2.87. The topological polar surface area (TPSA) is 125 Å². The average Bonchev–Trinajstić information content (AvgIpc) is 3.11. The van der Waals surface area contributed by atoms with Crippen molar-refractivity contribution in [3.8, 4) is 11.9 Å². The van der Waals surface area contributed by atoms with Crippen LogP contribution in [0.25, 0.3) is 0 Å². The number of anilines is 1. The third-order valence-electron chi connectivity index (χ3n) is 3.97. The molecule has 27 heavy (non-hydrogen) atoms. The van der Waals surface area contributed by atoms with E-state index in [4.69, 9.17) is 10.00 Å². The van der Waals surface area contributed by atoms with Crippen molar-refractivity contribution in [2.75, 3.05) is 18.4 Å². The lowest BCUT2D eigenvalue weighted by Crippen LogP contribution is -2.31. The van der Waals surface area contributed by atoms with Crippen LogP contribution in [0.4, 0.5) is 5.69 Å². The van der Waals surface area contributed by atoms with Crippen molar-refractivity contribution in [2.24, 2.45) is 0 Å². The van der Waals surface area contributed by atoms with Gasteiger partial charge in [0, 0.05) is 31.5 Å². The molecule has 10 heteroatoms. The molecule has 9 nitrogen and oxygen atoms in total. The number of hydrogen-bond donors (Lipinski definition) is 1. The minimum Gasteiger partial charge on any atom is -0.471 e. The molecule has 140 valence electrons. The van der Waals surface area contributed by atoms with Crippen molar-refractivity contribution in [2.45, 2.75) is 24.3 Å². The molecule has 0 saturated carbocycles. The first-order chi connectivity index (χ1) is 12.9. The van der Waals surface area contributed by atoms with Gasteiger partial charge in [0.25, 0.3) is 5.88 Å². The summed E-state index contributed by atoms with van der Waals surface area (Å²) in [5.41, 5.74) is 0.586. The van der Waals surface area contributed by atoms with E-state index in [2.05, 4.69) is 15.3 Å². The Kier molecular flexibility index (Phi) is 5.34. The Morgan fingerprint density at radius 2 is 2.00 bits per heavy atom. The molecule has 0 aliphatic carbocycles. The van der Waals surface area contributed by atoms with Gasteiger partial charge in [-0.2, -0.15) is 9.57 Å². The van der Waals surface area contributed by atoms with E-state index >= 15 is 0 Å². The largest absolute Gasteiger partial charge is 0.471 e. The van der Waals surface area contributed by atoms with Gasteiger partial charge in [-0.3, -0.25) is 4.79 Å². The summed E-state index contributed by atoms with van der Waals surface area (Å²) in [5.74, 6) is -0.130. The molecular weight excluding hydrogens is 370 g/mol. The molecule has 0 radical (unpaired) electrons. The second kappa shape index (κ2) is 7.69. The minimum atomic E-state index is -3.69. The molecule has 1 saturated heterocycles. The number of hydrogen-bond acceptors (Lipinski definition) is 7. The van der Waals surface area contributed by atoms with Gasteiger partial charge in [0.2, 0.25) is 21.6 Å². The van der Waals surface area contributed by atoms with Crippen LogP contribution in [0.5, 0.6) is 5.88 Å². The van der Waals surface area contributed by atoms with Crippen LogP contribution in [0.2, 0.25) is 0 Å². The van der Waals surface area contributed by atoms with E-state index in [1.54, 1.807) is 0 Å². The van der Waals surface area contributed by atoms with E-state index < -0.39 is 16.1 Å². The zero-order valence-corrected chi connectivity index (χ0v) is 15.3. The predicted molar refractivity (Wildman–Crippen MR) is 95.3 cm³/mol. The molecule has 1 aromatic carbocycles. The molecule has 0 bridgehead atoms. The summed E-state index contributed by atoms with van der Waals surface area (Å²) in [6, 6.07) is 7.87. The SMILES string of the molecule is CC(=O)Nc1ccc(S(=O)(=O)N2CCC(Oc3nccnc3C#N)C2)cc1. The van der Waals surface area contributed by atoms with E-state index in [0.29, 0.717) is 18.7 Å². The molecule has 1 amide bonds. The Bertz CT molecular complexity index is 985. The van der Waals surface area contributed by atoms with Crippen LogP contribution < -0.4 is 10.1 Å². The van der Waals surface area contributed by atoms with Gasteiger partial charge in [0.1, 0.15) is 12.2 Å². The lowest BCUT2D eigenvalue weighted by Gasteiger charge is -2.17. The molecule has 1 fully saturated rings. The van der Waals surface area contributed by atoms with Crippen molar-refractivity contribution >= 4 is 21.6 Å². The first-order valence-electron chi connectivity index (χ1n) is 8.15. The van der Waals surface area contributed by atoms with Crippen molar-refractivity contribution in [3.63, 3.8) is 0 Å². The van der Waals surface area contributed by atoms with Crippen LogP contribution in [-0.2, 0) is 14.8 Å². The molecule has 3 rings (SSSR count). The van der Waals surface area contributed by atoms with Crippen molar-refractivity contribution in [1.82, 2.24) is 14.3 Å². The van der Waals surface area contributed by atoms with Crippen LogP contribution in [0.15, 0.2) is 41.6 Å². The number of nitrogens with zero attached hydrogens (tertiary/aromatic N) is 4. The summed E-state index contributed by atoms with van der Waals surface area (Å²) >= 11 is 0. The molecule has 1 N–H and O–H groups in total. The highest BCUT2D eigenvalue weighted by atomic mass is 32.2. The Morgan fingerprint density at radius 3 is 2.67 bits per heavy atom. The van der Waals surface area contributed by atoms with E-state index in [-0.39, 0.29) is 28.9 Å². The molecule has 1 atom stereocenters. The van der Waals surface area contributed by atoms with Crippen LogP contribution in [0.1, 0.15) is 19.0 Å². The second-order valence-corrected chi connectivity index (χ2v) is 7.86. The fourth-order valence-corrected chi connectivity index (χ4v) is 4.21. The van der Waals surface area contributed by atoms with E-state index in [9.17, 15) is 13.2 Å². The molecule has 1 aliphatic heterocycles. The van der Waals surface area contributed by atoms with Gasteiger partial charge in [-0.25, -0.2) is 18.4 Å².